The average molecular weight is 733 g/mol. The molecule has 6 aliphatic carbocycles. The third-order valence-electron chi connectivity index (χ3n) is 13.7. The Balaban J connectivity index is 0.000000152. The Morgan fingerprint density at radius 2 is 1.11 bits per heavy atom. The van der Waals surface area contributed by atoms with E-state index in [1.807, 2.05) is 37.3 Å². The van der Waals surface area contributed by atoms with E-state index in [-0.39, 0.29) is 5.97 Å². The normalized spacial score (nSPS) is 28.0. The van der Waals surface area contributed by atoms with Gasteiger partial charge in [0.1, 0.15) is 11.5 Å². The second kappa shape index (κ2) is 19.0. The summed E-state index contributed by atoms with van der Waals surface area (Å²) in [6.07, 6.45) is 23.6. The smallest absolute Gasteiger partial charge is 0.337 e. The number of rotatable bonds is 7. The molecule has 0 spiro atoms. The van der Waals surface area contributed by atoms with Crippen LogP contribution in [0.2, 0.25) is 0 Å². The Morgan fingerprint density at radius 1 is 0.611 bits per heavy atom. The van der Waals surface area contributed by atoms with Gasteiger partial charge in [-0.25, -0.2) is 4.79 Å². The third kappa shape index (κ3) is 8.69. The van der Waals surface area contributed by atoms with Crippen LogP contribution in [0.15, 0.2) is 76.4 Å². The van der Waals surface area contributed by atoms with Crippen LogP contribution in [-0.2, 0) is 14.3 Å². The van der Waals surface area contributed by atoms with Crippen LogP contribution in [0.3, 0.4) is 0 Å². The minimum Gasteiger partial charge on any atom is -0.496 e. The molecule has 0 heterocycles. The van der Waals surface area contributed by atoms with Gasteiger partial charge in [0.15, 0.2) is 0 Å². The van der Waals surface area contributed by atoms with Crippen molar-refractivity contribution in [2.75, 3.05) is 14.2 Å². The fourth-order valence-corrected chi connectivity index (χ4v) is 11.5. The van der Waals surface area contributed by atoms with Gasteiger partial charge >= 0.3 is 5.97 Å². The topological polar surface area (TPSA) is 52.6 Å². The van der Waals surface area contributed by atoms with Crippen molar-refractivity contribution in [1.29, 1.82) is 0 Å². The third-order valence-corrected chi connectivity index (χ3v) is 13.7. The molecule has 8 rings (SSSR count). The van der Waals surface area contributed by atoms with Gasteiger partial charge in [0.2, 0.25) is 0 Å². The molecule has 2 aromatic carbocycles. The number of Topliss-reactive ketones (excluding diaryl/α,β-unsaturated/α-hetero) is 1. The minimum absolute atomic E-state index is 0.284. The van der Waals surface area contributed by atoms with E-state index < -0.39 is 0 Å². The first kappa shape index (κ1) is 40.3. The number of carbonyl (C=O) groups is 2. The molecular weight excluding hydrogens is 665 g/mol. The summed E-state index contributed by atoms with van der Waals surface area (Å²) in [4.78, 5) is 23.5. The van der Waals surface area contributed by atoms with Gasteiger partial charge in [-0.1, -0.05) is 103 Å². The maximum absolute atomic E-state index is 12.5. The largest absolute Gasteiger partial charge is 0.496 e. The highest BCUT2D eigenvalue weighted by Gasteiger charge is 2.46. The van der Waals surface area contributed by atoms with Crippen molar-refractivity contribution < 1.29 is 19.1 Å². The lowest BCUT2D eigenvalue weighted by atomic mass is 9.57. The predicted molar refractivity (Wildman–Crippen MR) is 222 cm³/mol. The number of methoxy groups -OCH3 is 2. The molecule has 0 aliphatic heterocycles. The maximum Gasteiger partial charge on any atom is 0.337 e. The van der Waals surface area contributed by atoms with Crippen LogP contribution in [0, 0.1) is 49.4 Å². The summed E-state index contributed by atoms with van der Waals surface area (Å²) < 4.78 is 10.7. The zero-order chi connectivity index (χ0) is 38.2. The number of aryl methyl sites for hydroxylation is 2. The number of carbonyl (C=O) groups excluding carboxylic acids is 2. The van der Waals surface area contributed by atoms with Crippen molar-refractivity contribution in [3.05, 3.63) is 98.7 Å². The highest BCUT2D eigenvalue weighted by molar-refractivity contribution is 5.89. The molecule has 0 radical (unpaired) electrons. The van der Waals surface area contributed by atoms with Crippen LogP contribution in [0.1, 0.15) is 156 Å². The summed E-state index contributed by atoms with van der Waals surface area (Å²) in [6.45, 7) is 8.75. The Hall–Kier alpha value is -3.40. The van der Waals surface area contributed by atoms with Crippen LogP contribution in [-0.4, -0.2) is 26.0 Å². The monoisotopic (exact) mass is 733 g/mol. The van der Waals surface area contributed by atoms with Gasteiger partial charge in [-0.2, -0.15) is 0 Å². The quantitative estimate of drug-likeness (QED) is 0.162. The summed E-state index contributed by atoms with van der Waals surface area (Å²) >= 11 is 0. The summed E-state index contributed by atoms with van der Waals surface area (Å²) in [5, 5.41) is 0. The van der Waals surface area contributed by atoms with Crippen molar-refractivity contribution in [1.82, 2.24) is 0 Å². The molecule has 4 bridgehead atoms. The van der Waals surface area contributed by atoms with Crippen molar-refractivity contribution in [3.8, 4) is 0 Å². The molecule has 0 amide bonds. The lowest BCUT2D eigenvalue weighted by Crippen LogP contribution is -2.41. The van der Waals surface area contributed by atoms with Gasteiger partial charge in [0, 0.05) is 23.3 Å². The number of ketones is 1. The highest BCUT2D eigenvalue weighted by atomic mass is 16.5. The molecule has 2 saturated carbocycles. The highest BCUT2D eigenvalue weighted by Crippen LogP contribution is 2.57. The molecule has 54 heavy (non-hydrogen) atoms. The van der Waals surface area contributed by atoms with E-state index in [1.165, 1.54) is 133 Å². The van der Waals surface area contributed by atoms with Gasteiger partial charge in [-0.05, 0) is 145 Å². The summed E-state index contributed by atoms with van der Waals surface area (Å²) in [5.41, 5.74) is 13.0. The molecule has 2 aromatic rings. The first-order valence-corrected chi connectivity index (χ1v) is 21.8. The molecule has 6 aliphatic rings. The number of ether oxygens (including phenoxy) is 2. The van der Waals surface area contributed by atoms with Crippen LogP contribution < -0.4 is 0 Å². The van der Waals surface area contributed by atoms with Gasteiger partial charge in [0.05, 0.1) is 19.8 Å². The molecular formula is C50H68O4. The standard InChI is InChI=1S/C25H34O.C16H24O.C9H10O2/c1-4-9-19-20-12-5-6-13-21(20)23-15-8-14-22(19)24(23)25(26-3)18-11-7-10-17(2)16-18;1-2-6-11-12-7-3-4-8-13(12)15-10-5-9-14(11)16(15)17;1-7-4-3-5-8(6-7)9(10)11-2/h7,10-11,16,19,22-23H,4-6,8-9,12-15H2,1-3H3;11,14-15H,2-10H2,1H3;3-6H,1-2H3/b25-24+;;. The zero-order valence-corrected chi connectivity index (χ0v) is 34.4. The van der Waals surface area contributed by atoms with Crippen molar-refractivity contribution >= 4 is 17.5 Å². The van der Waals surface area contributed by atoms with Gasteiger partial charge in [-0.3, -0.25) is 4.79 Å². The molecule has 292 valence electrons. The van der Waals surface area contributed by atoms with E-state index in [4.69, 9.17) is 4.74 Å². The molecule has 0 saturated heterocycles. The van der Waals surface area contributed by atoms with E-state index in [0.717, 1.165) is 17.9 Å². The fourth-order valence-electron chi connectivity index (χ4n) is 11.5. The Kier molecular flexibility index (Phi) is 14.1. The number of hydrogen-bond donors (Lipinski definition) is 0. The van der Waals surface area contributed by atoms with Gasteiger partial charge in [0.25, 0.3) is 0 Å². The number of fused-ring (bicyclic) bond motifs is 6. The van der Waals surface area contributed by atoms with Crippen LogP contribution in [0.4, 0.5) is 0 Å². The maximum atomic E-state index is 12.5. The van der Waals surface area contributed by atoms with E-state index >= 15 is 0 Å². The number of esters is 1. The second-order valence-corrected chi connectivity index (χ2v) is 17.1. The van der Waals surface area contributed by atoms with E-state index in [2.05, 4.69) is 49.8 Å². The number of benzene rings is 2. The average Bonchev–Trinajstić information content (AvgIpc) is 3.19. The van der Waals surface area contributed by atoms with E-state index in [1.54, 1.807) is 28.9 Å². The Morgan fingerprint density at radius 3 is 1.67 bits per heavy atom. The minimum atomic E-state index is -0.284. The summed E-state index contributed by atoms with van der Waals surface area (Å²) in [5.74, 6) is 5.08. The molecule has 4 nitrogen and oxygen atoms in total. The summed E-state index contributed by atoms with van der Waals surface area (Å²) in [6, 6.07) is 16.2. The number of allylic oxidation sites excluding steroid dienone is 5. The molecule has 6 unspecified atom stereocenters. The predicted octanol–water partition coefficient (Wildman–Crippen LogP) is 13.1. The van der Waals surface area contributed by atoms with Gasteiger partial charge < -0.3 is 9.47 Å². The first-order chi connectivity index (χ1) is 26.3. The van der Waals surface area contributed by atoms with Crippen LogP contribution >= 0.6 is 0 Å². The Labute approximate surface area is 327 Å². The van der Waals surface area contributed by atoms with Crippen molar-refractivity contribution in [3.63, 3.8) is 0 Å². The van der Waals surface area contributed by atoms with Crippen molar-refractivity contribution in [2.24, 2.45) is 35.5 Å². The molecule has 0 N–H and O–H groups in total. The molecule has 6 atom stereocenters. The van der Waals surface area contributed by atoms with Crippen molar-refractivity contribution in [2.45, 2.75) is 143 Å². The zero-order valence-electron chi connectivity index (χ0n) is 34.4. The van der Waals surface area contributed by atoms with Crippen LogP contribution in [0.5, 0.6) is 0 Å². The Bertz CT molecular complexity index is 1720. The number of hydrogen-bond acceptors (Lipinski definition) is 4. The fraction of sp³-hybridized carbons (Fsp3) is 0.600. The SMILES string of the molecule is CCCC1C2=C(CCCC2)C2CCCC1/C2=C(\OC)c1cccc(C)c1.CCCC1C2=C(CCCC2)C2CCCC1C2=O.COC(=O)c1cccc(C)c1. The molecule has 2 fully saturated rings. The molecule has 0 aromatic heterocycles. The second-order valence-electron chi connectivity index (χ2n) is 17.1. The van der Waals surface area contributed by atoms with Crippen LogP contribution in [0.25, 0.3) is 5.76 Å². The molecule has 4 heteroatoms. The lowest BCUT2D eigenvalue weighted by Gasteiger charge is -2.48. The van der Waals surface area contributed by atoms with E-state index in [0.29, 0.717) is 40.9 Å². The summed E-state index contributed by atoms with van der Waals surface area (Å²) in [7, 11) is 3.27. The first-order valence-electron chi connectivity index (χ1n) is 21.8. The lowest BCUT2D eigenvalue weighted by molar-refractivity contribution is -0.130. The van der Waals surface area contributed by atoms with Gasteiger partial charge in [-0.15, -0.1) is 0 Å². The van der Waals surface area contributed by atoms with E-state index in [9.17, 15) is 9.59 Å².